The van der Waals surface area contributed by atoms with E-state index in [2.05, 4.69) is 20.4 Å². The minimum absolute atomic E-state index is 0.160. The Morgan fingerprint density at radius 1 is 1.07 bits per heavy atom. The van der Waals surface area contributed by atoms with E-state index < -0.39 is 12.0 Å². The number of nitrogens with one attached hydrogen (secondary N) is 2. The van der Waals surface area contributed by atoms with Gasteiger partial charge in [-0.25, -0.2) is 9.18 Å². The molecule has 0 bridgehead atoms. The monoisotopic (exact) mass is 409 g/mol. The molecule has 8 heteroatoms. The number of hydrogen-bond acceptors (Lipinski definition) is 5. The number of carbonyl (C=O) groups excluding carboxylic acids is 2. The molecule has 1 aromatic heterocycles. The number of nitrogens with zero attached hydrogens (tertiary/aromatic N) is 1. The Bertz CT molecular complexity index is 1010. The van der Waals surface area contributed by atoms with Crippen LogP contribution >= 0.6 is 0 Å². The van der Waals surface area contributed by atoms with Gasteiger partial charge in [-0.2, -0.15) is 0 Å². The number of benzene rings is 2. The smallest absolute Gasteiger partial charge is 0.407 e. The van der Waals surface area contributed by atoms with Crippen molar-refractivity contribution < 1.29 is 23.5 Å². The second-order valence-corrected chi connectivity index (χ2v) is 6.29. The number of ether oxygens (including phenoxy) is 2. The highest BCUT2D eigenvalue weighted by atomic mass is 19.1. The van der Waals surface area contributed by atoms with Gasteiger partial charge in [0.05, 0.1) is 24.6 Å². The molecule has 0 fully saturated rings. The number of alkyl carbamates (subject to hydrolysis) is 1. The van der Waals surface area contributed by atoms with Crippen LogP contribution in [0.4, 0.5) is 14.9 Å². The number of methoxy groups -OCH3 is 1. The van der Waals surface area contributed by atoms with Crippen molar-refractivity contribution in [2.24, 2.45) is 0 Å². The number of amides is 2. The van der Waals surface area contributed by atoms with Crippen LogP contribution in [0, 0.1) is 5.82 Å². The molecule has 2 aromatic carbocycles. The van der Waals surface area contributed by atoms with Crippen molar-refractivity contribution in [2.75, 3.05) is 12.4 Å². The van der Waals surface area contributed by atoms with Crippen LogP contribution in [0.1, 0.15) is 21.5 Å². The Labute approximate surface area is 172 Å². The quantitative estimate of drug-likeness (QED) is 0.618. The number of hydrogen-bond donors (Lipinski definition) is 2. The van der Waals surface area contributed by atoms with Crippen LogP contribution in [0.2, 0.25) is 0 Å². The van der Waals surface area contributed by atoms with Crippen LogP contribution in [0.25, 0.3) is 0 Å². The predicted octanol–water partition coefficient (Wildman–Crippen LogP) is 3.91. The van der Waals surface area contributed by atoms with Gasteiger partial charge in [-0.1, -0.05) is 18.2 Å². The molecule has 0 atom stereocenters. The molecule has 7 nitrogen and oxygen atoms in total. The molecule has 0 aliphatic carbocycles. The molecule has 3 rings (SSSR count). The molecule has 0 aliphatic rings. The molecular formula is C22H20FN3O4. The van der Waals surface area contributed by atoms with Gasteiger partial charge in [-0.3, -0.25) is 9.78 Å². The summed E-state index contributed by atoms with van der Waals surface area (Å²) in [6.45, 7) is 0.339. The maximum absolute atomic E-state index is 13.1. The van der Waals surface area contributed by atoms with Crippen LogP contribution in [0.15, 0.2) is 67.0 Å². The Kier molecular flexibility index (Phi) is 6.94. The Morgan fingerprint density at radius 3 is 2.53 bits per heavy atom. The first-order valence-corrected chi connectivity index (χ1v) is 9.08. The largest absolute Gasteiger partial charge is 0.488 e. The second-order valence-electron chi connectivity index (χ2n) is 6.29. The van der Waals surface area contributed by atoms with Crippen molar-refractivity contribution in [1.29, 1.82) is 0 Å². The lowest BCUT2D eigenvalue weighted by Gasteiger charge is -2.14. The van der Waals surface area contributed by atoms with Gasteiger partial charge in [0.15, 0.2) is 0 Å². The molecule has 0 aliphatic heterocycles. The number of halogens is 1. The molecule has 1 heterocycles. The Morgan fingerprint density at radius 2 is 1.83 bits per heavy atom. The lowest BCUT2D eigenvalue weighted by molar-refractivity contribution is 0.102. The van der Waals surface area contributed by atoms with E-state index >= 15 is 0 Å². The minimum Gasteiger partial charge on any atom is -0.488 e. The summed E-state index contributed by atoms with van der Waals surface area (Å²) in [7, 11) is 1.27. The summed E-state index contributed by atoms with van der Waals surface area (Å²) in [4.78, 5) is 28.2. The van der Waals surface area contributed by atoms with Crippen molar-refractivity contribution in [1.82, 2.24) is 10.3 Å². The molecular weight excluding hydrogens is 389 g/mol. The summed E-state index contributed by atoms with van der Waals surface area (Å²) in [5, 5.41) is 5.33. The van der Waals surface area contributed by atoms with Crippen LogP contribution < -0.4 is 15.4 Å². The van der Waals surface area contributed by atoms with E-state index in [4.69, 9.17) is 4.74 Å². The van der Waals surface area contributed by atoms with Crippen LogP contribution in [-0.4, -0.2) is 24.1 Å². The van der Waals surface area contributed by atoms with Crippen molar-refractivity contribution in [3.63, 3.8) is 0 Å². The first-order valence-electron chi connectivity index (χ1n) is 9.08. The van der Waals surface area contributed by atoms with Gasteiger partial charge in [-0.05, 0) is 47.5 Å². The molecule has 2 N–H and O–H groups in total. The van der Waals surface area contributed by atoms with E-state index in [9.17, 15) is 14.0 Å². The van der Waals surface area contributed by atoms with Crippen molar-refractivity contribution in [2.45, 2.75) is 13.2 Å². The highest BCUT2D eigenvalue weighted by Crippen LogP contribution is 2.23. The standard InChI is InChI=1S/C22H20FN3O4/c1-29-22(28)25-12-16-6-9-20(30-14-15-4-7-17(23)8-5-15)19(11-16)21(27)26-18-3-2-10-24-13-18/h2-11,13H,12,14H2,1H3,(H,25,28)(H,26,27). The van der Waals surface area contributed by atoms with Gasteiger partial charge in [0.1, 0.15) is 18.2 Å². The maximum Gasteiger partial charge on any atom is 0.407 e. The van der Waals surface area contributed by atoms with E-state index in [-0.39, 0.29) is 24.5 Å². The normalized spacial score (nSPS) is 10.2. The van der Waals surface area contributed by atoms with Gasteiger partial charge in [0.25, 0.3) is 5.91 Å². The van der Waals surface area contributed by atoms with Gasteiger partial charge < -0.3 is 20.1 Å². The van der Waals surface area contributed by atoms with Gasteiger partial charge >= 0.3 is 6.09 Å². The van der Waals surface area contributed by atoms with Crippen molar-refractivity contribution in [3.05, 3.63) is 89.5 Å². The third-order valence-electron chi connectivity index (χ3n) is 4.14. The molecule has 3 aromatic rings. The average molecular weight is 409 g/mol. The fourth-order valence-corrected chi connectivity index (χ4v) is 2.61. The first kappa shape index (κ1) is 20.8. The minimum atomic E-state index is -0.576. The highest BCUT2D eigenvalue weighted by molar-refractivity contribution is 6.06. The highest BCUT2D eigenvalue weighted by Gasteiger charge is 2.15. The lowest BCUT2D eigenvalue weighted by atomic mass is 10.1. The topological polar surface area (TPSA) is 89.5 Å². The molecule has 2 amide bonds. The number of rotatable bonds is 7. The lowest BCUT2D eigenvalue weighted by Crippen LogP contribution is -2.22. The molecule has 154 valence electrons. The number of aromatic nitrogens is 1. The molecule has 0 unspecified atom stereocenters. The predicted molar refractivity (Wildman–Crippen MR) is 109 cm³/mol. The summed E-state index contributed by atoms with van der Waals surface area (Å²) in [5.41, 5.74) is 2.26. The molecule has 0 radical (unpaired) electrons. The van der Waals surface area contributed by atoms with Crippen LogP contribution in [0.3, 0.4) is 0 Å². The van der Waals surface area contributed by atoms with Crippen molar-refractivity contribution in [3.8, 4) is 5.75 Å². The molecule has 0 saturated carbocycles. The SMILES string of the molecule is COC(=O)NCc1ccc(OCc2ccc(F)cc2)c(C(=O)Nc2cccnc2)c1. The van der Waals surface area contributed by atoms with E-state index in [1.807, 2.05) is 0 Å². The van der Waals surface area contributed by atoms with Gasteiger partial charge in [0.2, 0.25) is 0 Å². The fraction of sp³-hybridized carbons (Fsp3) is 0.136. The van der Waals surface area contributed by atoms with Gasteiger partial charge in [0, 0.05) is 12.7 Å². The summed E-state index contributed by atoms with van der Waals surface area (Å²) < 4.78 is 23.5. The summed E-state index contributed by atoms with van der Waals surface area (Å²) >= 11 is 0. The van der Waals surface area contributed by atoms with Crippen LogP contribution in [0.5, 0.6) is 5.75 Å². The summed E-state index contributed by atoms with van der Waals surface area (Å²) in [5.74, 6) is -0.377. The maximum atomic E-state index is 13.1. The Hall–Kier alpha value is -3.94. The van der Waals surface area contributed by atoms with E-state index in [0.29, 0.717) is 17.0 Å². The summed E-state index contributed by atoms with van der Waals surface area (Å²) in [6, 6.07) is 14.3. The molecule has 0 spiro atoms. The molecule has 0 saturated heterocycles. The zero-order valence-corrected chi connectivity index (χ0v) is 16.2. The zero-order valence-electron chi connectivity index (χ0n) is 16.2. The average Bonchev–Trinajstić information content (AvgIpc) is 2.78. The van der Waals surface area contributed by atoms with E-state index in [0.717, 1.165) is 5.56 Å². The van der Waals surface area contributed by atoms with Crippen LogP contribution in [-0.2, 0) is 17.9 Å². The summed E-state index contributed by atoms with van der Waals surface area (Å²) in [6.07, 6.45) is 2.55. The Balaban J connectivity index is 1.81. The third-order valence-corrected chi connectivity index (χ3v) is 4.14. The zero-order chi connectivity index (χ0) is 21.3. The third kappa shape index (κ3) is 5.78. The molecule has 30 heavy (non-hydrogen) atoms. The second kappa shape index (κ2) is 10.0. The number of carbonyl (C=O) groups is 2. The van der Waals surface area contributed by atoms with Gasteiger partial charge in [-0.15, -0.1) is 0 Å². The first-order chi connectivity index (χ1) is 14.5. The fourth-order valence-electron chi connectivity index (χ4n) is 2.61. The number of anilines is 1. The van der Waals surface area contributed by atoms with E-state index in [1.165, 1.54) is 25.4 Å². The van der Waals surface area contributed by atoms with Crippen molar-refractivity contribution >= 4 is 17.7 Å². The van der Waals surface area contributed by atoms with E-state index in [1.54, 1.807) is 48.7 Å². The number of pyridine rings is 1.